The van der Waals surface area contributed by atoms with Crippen LogP contribution in [0.2, 0.25) is 4.34 Å². The molecule has 3 heterocycles. The summed E-state index contributed by atoms with van der Waals surface area (Å²) in [6.07, 6.45) is 0.239. The molecule has 1 fully saturated rings. The summed E-state index contributed by atoms with van der Waals surface area (Å²) in [6.45, 7) is 0.191. The number of anilines is 1. The Morgan fingerprint density at radius 2 is 2.00 bits per heavy atom. The van der Waals surface area contributed by atoms with Gasteiger partial charge in [0.1, 0.15) is 6.10 Å². The van der Waals surface area contributed by atoms with Crippen molar-refractivity contribution >= 4 is 62.2 Å². The van der Waals surface area contributed by atoms with Crippen LogP contribution in [-0.2, 0) is 14.6 Å². The van der Waals surface area contributed by atoms with Crippen LogP contribution in [0, 0.1) is 0 Å². The summed E-state index contributed by atoms with van der Waals surface area (Å²) in [5, 5.41) is 2.83. The van der Waals surface area contributed by atoms with E-state index < -0.39 is 22.0 Å². The number of ether oxygens (including phenoxy) is 1. The first-order valence-corrected chi connectivity index (χ1v) is 14.4. The fraction of sp³-hybridized carbons (Fsp3) is 0.217. The van der Waals surface area contributed by atoms with Gasteiger partial charge in [-0.15, -0.1) is 23.1 Å². The average Bonchev–Trinajstić information content (AvgIpc) is 3.39. The van der Waals surface area contributed by atoms with E-state index in [9.17, 15) is 18.0 Å². The van der Waals surface area contributed by atoms with Gasteiger partial charge >= 0.3 is 6.09 Å². The van der Waals surface area contributed by atoms with Gasteiger partial charge in [0, 0.05) is 22.5 Å². The van der Waals surface area contributed by atoms with E-state index in [0.717, 1.165) is 10.5 Å². The second kappa shape index (κ2) is 8.92. The molecule has 0 unspecified atom stereocenters. The minimum atomic E-state index is -3.40. The maximum atomic E-state index is 12.7. The third-order valence-electron chi connectivity index (χ3n) is 5.70. The van der Waals surface area contributed by atoms with Gasteiger partial charge in [0.25, 0.3) is 5.91 Å². The summed E-state index contributed by atoms with van der Waals surface area (Å²) < 4.78 is 30.6. The number of benzene rings is 2. The summed E-state index contributed by atoms with van der Waals surface area (Å²) in [6, 6.07) is 15.5. The van der Waals surface area contributed by atoms with Crippen molar-refractivity contribution in [2.24, 2.45) is 0 Å². The number of nitrogens with zero attached hydrogens (tertiary/aromatic N) is 1. The van der Waals surface area contributed by atoms with E-state index >= 15 is 0 Å². The molecule has 2 aliphatic heterocycles. The number of sulfone groups is 1. The SMILES string of the molecule is CS(=O)(=O)c1ccccc1-c1ccc2c(c1)SC[C@H]1[C@H](CNC(=O)c3ccc(Cl)s3)OC(=O)N21. The molecular weight excluding hydrogens is 516 g/mol. The number of nitrogens with one attached hydrogen (secondary N) is 1. The van der Waals surface area contributed by atoms with Gasteiger partial charge in [-0.3, -0.25) is 9.69 Å². The maximum Gasteiger partial charge on any atom is 0.415 e. The Kier molecular flexibility index (Phi) is 6.09. The number of thioether (sulfide) groups is 1. The predicted molar refractivity (Wildman–Crippen MR) is 134 cm³/mol. The van der Waals surface area contributed by atoms with Crippen LogP contribution in [0.4, 0.5) is 10.5 Å². The predicted octanol–water partition coefficient (Wildman–Crippen LogP) is 4.70. The first kappa shape index (κ1) is 23.2. The van der Waals surface area contributed by atoms with Crippen molar-refractivity contribution in [1.82, 2.24) is 5.32 Å². The minimum absolute atomic E-state index is 0.191. The third-order valence-corrected chi connectivity index (χ3v) is 9.23. The van der Waals surface area contributed by atoms with E-state index in [1.807, 2.05) is 18.2 Å². The first-order valence-electron chi connectivity index (χ1n) is 10.3. The summed E-state index contributed by atoms with van der Waals surface area (Å²) in [5.74, 6) is 0.325. The van der Waals surface area contributed by atoms with Gasteiger partial charge in [-0.2, -0.15) is 0 Å². The van der Waals surface area contributed by atoms with Crippen LogP contribution < -0.4 is 10.2 Å². The molecule has 0 saturated carbocycles. The Bertz CT molecular complexity index is 1410. The number of carbonyl (C=O) groups excluding carboxylic acids is 2. The van der Waals surface area contributed by atoms with Gasteiger partial charge < -0.3 is 10.1 Å². The minimum Gasteiger partial charge on any atom is -0.442 e. The highest BCUT2D eigenvalue weighted by Gasteiger charge is 2.45. The van der Waals surface area contributed by atoms with Crippen molar-refractivity contribution in [1.29, 1.82) is 0 Å². The first-order chi connectivity index (χ1) is 16.2. The molecule has 0 aliphatic carbocycles. The lowest BCUT2D eigenvalue weighted by atomic mass is 10.0. The second-order valence-electron chi connectivity index (χ2n) is 7.94. The van der Waals surface area contributed by atoms with E-state index in [2.05, 4.69) is 5.32 Å². The Hall–Kier alpha value is -2.53. The van der Waals surface area contributed by atoms with E-state index in [-0.39, 0.29) is 23.4 Å². The number of rotatable bonds is 5. The molecule has 2 aromatic carbocycles. The van der Waals surface area contributed by atoms with Crippen LogP contribution in [0.1, 0.15) is 9.67 Å². The molecule has 34 heavy (non-hydrogen) atoms. The molecule has 11 heteroatoms. The molecule has 2 amide bonds. The smallest absolute Gasteiger partial charge is 0.415 e. The molecule has 0 spiro atoms. The molecule has 7 nitrogen and oxygen atoms in total. The normalized spacial score (nSPS) is 19.4. The number of amides is 2. The number of hydrogen-bond acceptors (Lipinski definition) is 7. The standard InChI is InChI=1S/C23H19ClN2O5S3/c1-34(29,30)20-5-3-2-4-14(20)13-6-7-15-19(10-13)32-12-16-17(31-23(28)26(15)16)11-25-22(27)18-8-9-21(24)33-18/h2-10,16-17H,11-12H2,1H3,(H,25,27)/t16-,17-/m0/s1. The average molecular weight is 535 g/mol. The number of fused-ring (bicyclic) bond motifs is 3. The number of cyclic esters (lactones) is 1. The van der Waals surface area contributed by atoms with Crippen LogP contribution in [0.5, 0.6) is 0 Å². The fourth-order valence-corrected chi connectivity index (χ4v) is 7.23. The molecule has 3 aromatic rings. The van der Waals surface area contributed by atoms with E-state index in [1.165, 1.54) is 17.6 Å². The zero-order chi connectivity index (χ0) is 24.0. The van der Waals surface area contributed by atoms with E-state index in [4.69, 9.17) is 16.3 Å². The van der Waals surface area contributed by atoms with Gasteiger partial charge in [-0.1, -0.05) is 35.9 Å². The molecule has 0 radical (unpaired) electrons. The Morgan fingerprint density at radius 3 is 2.74 bits per heavy atom. The van der Waals surface area contributed by atoms with Crippen LogP contribution in [0.3, 0.4) is 0 Å². The largest absolute Gasteiger partial charge is 0.442 e. The molecule has 176 valence electrons. The highest BCUT2D eigenvalue weighted by molar-refractivity contribution is 7.99. The van der Waals surface area contributed by atoms with E-state index in [1.54, 1.807) is 53.1 Å². The molecule has 1 N–H and O–H groups in total. The van der Waals surface area contributed by atoms with Gasteiger partial charge in [0.2, 0.25) is 0 Å². The van der Waals surface area contributed by atoms with Crippen molar-refractivity contribution < 1.29 is 22.7 Å². The highest BCUT2D eigenvalue weighted by Crippen LogP contribution is 2.44. The molecule has 2 aliphatic rings. The lowest BCUT2D eigenvalue weighted by Crippen LogP contribution is -2.45. The van der Waals surface area contributed by atoms with Gasteiger partial charge in [-0.05, 0) is 35.9 Å². The lowest BCUT2D eigenvalue weighted by Gasteiger charge is -2.31. The Labute approximate surface area is 210 Å². The van der Waals surface area contributed by atoms with Gasteiger partial charge in [0.05, 0.1) is 32.4 Å². The topological polar surface area (TPSA) is 92.8 Å². The van der Waals surface area contributed by atoms with Crippen molar-refractivity contribution in [3.63, 3.8) is 0 Å². The molecule has 1 saturated heterocycles. The van der Waals surface area contributed by atoms with Crippen LogP contribution in [0.25, 0.3) is 11.1 Å². The monoisotopic (exact) mass is 534 g/mol. The Balaban J connectivity index is 1.37. The second-order valence-corrected chi connectivity index (χ2v) is 12.7. The zero-order valence-corrected chi connectivity index (χ0v) is 21.1. The van der Waals surface area contributed by atoms with Crippen LogP contribution >= 0.6 is 34.7 Å². The molecule has 5 rings (SSSR count). The van der Waals surface area contributed by atoms with Crippen molar-refractivity contribution in [2.45, 2.75) is 21.9 Å². The van der Waals surface area contributed by atoms with Crippen molar-refractivity contribution in [3.8, 4) is 11.1 Å². The van der Waals surface area contributed by atoms with Crippen LogP contribution in [-0.4, -0.2) is 51.1 Å². The lowest BCUT2D eigenvalue weighted by molar-refractivity contribution is 0.0910. The number of carbonyl (C=O) groups is 2. The van der Waals surface area contributed by atoms with Crippen molar-refractivity contribution in [2.75, 3.05) is 23.5 Å². The van der Waals surface area contributed by atoms with Gasteiger partial charge in [0.15, 0.2) is 9.84 Å². The van der Waals surface area contributed by atoms with Crippen LogP contribution in [0.15, 0.2) is 64.4 Å². The van der Waals surface area contributed by atoms with Gasteiger partial charge in [-0.25, -0.2) is 13.2 Å². The summed E-state index contributed by atoms with van der Waals surface area (Å²) in [7, 11) is -3.40. The fourth-order valence-electron chi connectivity index (χ4n) is 4.12. The summed E-state index contributed by atoms with van der Waals surface area (Å²) in [5.41, 5.74) is 2.09. The number of thiophene rings is 1. The van der Waals surface area contributed by atoms with Crippen molar-refractivity contribution in [3.05, 3.63) is 63.8 Å². The van der Waals surface area contributed by atoms with E-state index in [0.29, 0.717) is 26.2 Å². The summed E-state index contributed by atoms with van der Waals surface area (Å²) >= 11 is 8.66. The molecular formula is C23H19ClN2O5S3. The maximum absolute atomic E-state index is 12.7. The third kappa shape index (κ3) is 4.31. The Morgan fingerprint density at radius 1 is 1.21 bits per heavy atom. The molecule has 1 aromatic heterocycles. The number of halogens is 1. The number of hydrogen-bond donors (Lipinski definition) is 1. The quantitative estimate of drug-likeness (QED) is 0.510. The molecule has 0 bridgehead atoms. The zero-order valence-electron chi connectivity index (χ0n) is 17.9. The summed E-state index contributed by atoms with van der Waals surface area (Å²) in [4.78, 5) is 28.3. The highest BCUT2D eigenvalue weighted by atomic mass is 35.5. The molecule has 2 atom stereocenters.